The van der Waals surface area contributed by atoms with Crippen LogP contribution in [0.15, 0.2) is 70.7 Å². The highest BCUT2D eigenvalue weighted by Gasteiger charge is 2.70. The van der Waals surface area contributed by atoms with Crippen molar-refractivity contribution in [3.63, 3.8) is 0 Å². The van der Waals surface area contributed by atoms with Crippen LogP contribution >= 0.6 is 39.1 Å². The molecule has 5 amide bonds. The second-order valence-electron chi connectivity index (χ2n) is 12.7. The van der Waals surface area contributed by atoms with Crippen LogP contribution in [0.1, 0.15) is 29.9 Å². The summed E-state index contributed by atoms with van der Waals surface area (Å²) in [7, 11) is 3.98. The number of rotatable bonds is 6. The molecule has 2 aliphatic carbocycles. The minimum absolute atomic E-state index is 0.0168. The summed E-state index contributed by atoms with van der Waals surface area (Å²) in [5.41, 5.74) is 3.14. The average Bonchev–Trinajstić information content (AvgIpc) is 3.50. The second kappa shape index (κ2) is 12.9. The number of fused-ring (bicyclic) bond motifs is 4. The molecule has 3 aromatic rings. The molecule has 0 aromatic heterocycles. The SMILES string of the molecule is COC(=O)N1C(=O)C2CC=C3C(CC4C(=O)N(Nc5ccc(Cl)cc5Cl)C(=O)C4(c4ccc(OC)cc4)C3c3cc(Br)c(O)c(OC)c3)C2C1=O. The Balaban J connectivity index is 1.49. The number of halogens is 3. The van der Waals surface area contributed by atoms with Gasteiger partial charge in [-0.25, -0.2) is 4.79 Å². The van der Waals surface area contributed by atoms with Crippen molar-refractivity contribution in [1.29, 1.82) is 0 Å². The molecule has 0 bridgehead atoms. The molecule has 3 aromatic carbocycles. The number of phenolic OH excluding ortho intramolecular Hbond substituents is 1. The third-order valence-corrected chi connectivity index (χ3v) is 11.7. The predicted octanol–water partition coefficient (Wildman–Crippen LogP) is 6.23. The van der Waals surface area contributed by atoms with E-state index in [4.69, 9.17) is 37.4 Å². The largest absolute Gasteiger partial charge is 0.503 e. The van der Waals surface area contributed by atoms with Crippen LogP contribution in [0.3, 0.4) is 0 Å². The molecule has 51 heavy (non-hydrogen) atoms. The van der Waals surface area contributed by atoms with Crippen LogP contribution in [0.4, 0.5) is 10.5 Å². The summed E-state index contributed by atoms with van der Waals surface area (Å²) in [6, 6.07) is 14.7. The second-order valence-corrected chi connectivity index (χ2v) is 14.4. The Morgan fingerprint density at radius 1 is 0.941 bits per heavy atom. The lowest BCUT2D eigenvalue weighted by Crippen LogP contribution is -2.53. The molecule has 12 nitrogen and oxygen atoms in total. The van der Waals surface area contributed by atoms with Crippen LogP contribution < -0.4 is 14.9 Å². The highest BCUT2D eigenvalue weighted by molar-refractivity contribution is 9.10. The van der Waals surface area contributed by atoms with Gasteiger partial charge < -0.3 is 19.3 Å². The van der Waals surface area contributed by atoms with Crippen molar-refractivity contribution in [3.8, 4) is 17.2 Å². The summed E-state index contributed by atoms with van der Waals surface area (Å²) in [4.78, 5) is 70.8. The number of aromatic hydroxyl groups is 1. The van der Waals surface area contributed by atoms with E-state index < -0.39 is 64.7 Å². The van der Waals surface area contributed by atoms with Gasteiger partial charge in [-0.1, -0.05) is 47.0 Å². The lowest BCUT2D eigenvalue weighted by atomic mass is 9.49. The first-order valence-electron chi connectivity index (χ1n) is 15.9. The van der Waals surface area contributed by atoms with Crippen LogP contribution in [0.5, 0.6) is 17.2 Å². The first-order valence-corrected chi connectivity index (χ1v) is 17.4. The molecule has 4 aliphatic rings. The zero-order valence-electron chi connectivity index (χ0n) is 27.3. The van der Waals surface area contributed by atoms with Crippen LogP contribution in [0.25, 0.3) is 0 Å². The fourth-order valence-corrected chi connectivity index (χ4v) is 9.32. The predicted molar refractivity (Wildman–Crippen MR) is 187 cm³/mol. The smallest absolute Gasteiger partial charge is 0.423 e. The van der Waals surface area contributed by atoms with E-state index in [-0.39, 0.29) is 39.5 Å². The number of hydrogen-bond donors (Lipinski definition) is 2. The van der Waals surface area contributed by atoms with Gasteiger partial charge in [-0.15, -0.1) is 0 Å². The van der Waals surface area contributed by atoms with Gasteiger partial charge in [-0.2, -0.15) is 9.91 Å². The van der Waals surface area contributed by atoms with Crippen LogP contribution in [0.2, 0.25) is 10.0 Å². The van der Waals surface area contributed by atoms with E-state index in [0.717, 1.165) is 12.1 Å². The van der Waals surface area contributed by atoms with Crippen LogP contribution in [-0.2, 0) is 29.3 Å². The summed E-state index contributed by atoms with van der Waals surface area (Å²) < 4.78 is 16.0. The maximum Gasteiger partial charge on any atom is 0.423 e. The number of carbonyl (C=O) groups excluding carboxylic acids is 5. The number of nitrogens with one attached hydrogen (secondary N) is 1. The number of anilines is 1. The fraction of sp³-hybridized carbons (Fsp3) is 0.306. The summed E-state index contributed by atoms with van der Waals surface area (Å²) in [5.74, 6) is -6.85. The van der Waals surface area contributed by atoms with Gasteiger partial charge in [0, 0.05) is 10.9 Å². The molecule has 0 radical (unpaired) electrons. The van der Waals surface area contributed by atoms with Crippen molar-refractivity contribution < 1.29 is 43.3 Å². The Hall–Kier alpha value is -4.59. The van der Waals surface area contributed by atoms with Gasteiger partial charge in [-0.05, 0) is 88.3 Å². The number of phenols is 1. The molecule has 6 unspecified atom stereocenters. The zero-order chi connectivity index (χ0) is 36.5. The number of amides is 5. The molecule has 7 rings (SSSR count). The topological polar surface area (TPSA) is 152 Å². The number of benzene rings is 3. The van der Waals surface area contributed by atoms with Gasteiger partial charge in [0.1, 0.15) is 5.75 Å². The number of allylic oxidation sites excluding steroid dienone is 2. The molecule has 15 heteroatoms. The van der Waals surface area contributed by atoms with Gasteiger partial charge in [0.2, 0.25) is 11.8 Å². The van der Waals surface area contributed by atoms with E-state index in [1.54, 1.807) is 48.5 Å². The van der Waals surface area contributed by atoms with Crippen molar-refractivity contribution in [3.05, 3.63) is 91.9 Å². The van der Waals surface area contributed by atoms with Crippen molar-refractivity contribution in [2.75, 3.05) is 26.8 Å². The number of hydrazine groups is 1. The van der Waals surface area contributed by atoms with Crippen LogP contribution in [0, 0.1) is 23.7 Å². The molecule has 2 aliphatic heterocycles. The standard InChI is InChI=1S/C36H30BrCl2N3O9/c1-49-19-7-4-17(5-8-19)36-23(32(45)42(34(36)47)40-26-11-6-18(38)14-25(26)39)15-22-20(29(36)16-12-24(37)30(43)27(13-16)50-2)9-10-21-28(22)33(46)41(31(21)44)35(48)51-3/h4-9,11-14,21-23,28-29,40,43H,10,15H2,1-3H3. The summed E-state index contributed by atoms with van der Waals surface area (Å²) in [6.45, 7) is 0. The minimum Gasteiger partial charge on any atom is -0.503 e. The minimum atomic E-state index is -1.64. The molecule has 0 spiro atoms. The van der Waals surface area contributed by atoms with E-state index in [1.807, 2.05) is 6.08 Å². The van der Waals surface area contributed by atoms with E-state index in [1.165, 1.54) is 20.3 Å². The van der Waals surface area contributed by atoms with Gasteiger partial charge >= 0.3 is 6.09 Å². The molecule has 3 fully saturated rings. The molecular formula is C36H30BrCl2N3O9. The maximum absolute atomic E-state index is 15.3. The number of imide groups is 4. The molecule has 6 atom stereocenters. The molecular weight excluding hydrogens is 769 g/mol. The average molecular weight is 799 g/mol. The Bertz CT molecular complexity index is 2060. The van der Waals surface area contributed by atoms with Gasteiger partial charge in [0.15, 0.2) is 11.5 Å². The number of ether oxygens (including phenoxy) is 3. The molecule has 1 saturated carbocycles. The third-order valence-electron chi connectivity index (χ3n) is 10.5. The lowest BCUT2D eigenvalue weighted by molar-refractivity contribution is -0.140. The number of carbonyl (C=O) groups is 5. The monoisotopic (exact) mass is 797 g/mol. The number of nitrogens with zero attached hydrogens (tertiary/aromatic N) is 2. The van der Waals surface area contributed by atoms with Crippen molar-refractivity contribution in [1.82, 2.24) is 9.91 Å². The summed E-state index contributed by atoms with van der Waals surface area (Å²) >= 11 is 16.1. The number of hydrogen-bond acceptors (Lipinski definition) is 10. The van der Waals surface area contributed by atoms with E-state index in [9.17, 15) is 24.3 Å². The fourth-order valence-electron chi connectivity index (χ4n) is 8.41. The van der Waals surface area contributed by atoms with E-state index >= 15 is 4.79 Å². The maximum atomic E-state index is 15.3. The first-order chi connectivity index (χ1) is 24.4. The lowest BCUT2D eigenvalue weighted by Gasteiger charge is -2.50. The third kappa shape index (κ3) is 5.11. The molecule has 2 N–H and O–H groups in total. The molecule has 2 heterocycles. The van der Waals surface area contributed by atoms with Gasteiger partial charge in [0.25, 0.3) is 11.8 Å². The molecule has 2 saturated heterocycles. The number of likely N-dealkylation sites (tertiary alicyclic amines) is 1. The Morgan fingerprint density at radius 2 is 1.67 bits per heavy atom. The van der Waals surface area contributed by atoms with Crippen molar-refractivity contribution >= 4 is 74.5 Å². The normalized spacial score (nSPS) is 26.7. The summed E-state index contributed by atoms with van der Waals surface area (Å²) in [6.07, 6.45) is 0.823. The molecule has 264 valence electrons. The number of methoxy groups -OCH3 is 3. The Labute approximate surface area is 310 Å². The highest BCUT2D eigenvalue weighted by atomic mass is 79.9. The van der Waals surface area contributed by atoms with Crippen molar-refractivity contribution in [2.24, 2.45) is 23.7 Å². The van der Waals surface area contributed by atoms with E-state index in [0.29, 0.717) is 32.4 Å². The first kappa shape index (κ1) is 34.8. The van der Waals surface area contributed by atoms with Crippen molar-refractivity contribution in [2.45, 2.75) is 24.2 Å². The van der Waals surface area contributed by atoms with Gasteiger partial charge in [-0.3, -0.25) is 24.6 Å². The zero-order valence-corrected chi connectivity index (χ0v) is 30.4. The van der Waals surface area contributed by atoms with Crippen LogP contribution in [-0.4, -0.2) is 66.1 Å². The quantitative estimate of drug-likeness (QED) is 0.217. The van der Waals surface area contributed by atoms with Gasteiger partial charge in [0.05, 0.1) is 59.7 Å². The van der Waals surface area contributed by atoms with E-state index in [2.05, 4.69) is 21.4 Å². The Kier molecular flexibility index (Phi) is 8.79. The Morgan fingerprint density at radius 3 is 2.31 bits per heavy atom. The summed E-state index contributed by atoms with van der Waals surface area (Å²) in [5, 5.41) is 12.3. The highest BCUT2D eigenvalue weighted by Crippen LogP contribution is 2.64.